The average molecular weight is 501 g/mol. The van der Waals surface area contributed by atoms with Gasteiger partial charge in [0.15, 0.2) is 0 Å². The number of hydrogen-bond donors (Lipinski definition) is 1. The summed E-state index contributed by atoms with van der Waals surface area (Å²) in [6.07, 6.45) is 1.57. The first kappa shape index (κ1) is 24.3. The summed E-state index contributed by atoms with van der Waals surface area (Å²) in [5.74, 6) is 0.0425. The quantitative estimate of drug-likeness (QED) is 0.216. The molecule has 1 N–H and O–H groups in total. The second kappa shape index (κ2) is 10.7. The molecular weight excluding hydrogens is 479 g/mol. The van der Waals surface area contributed by atoms with E-state index in [1.807, 2.05) is 74.5 Å². The molecule has 0 aliphatic rings. The number of hydrogen-bond acceptors (Lipinski definition) is 3. The molecule has 0 heterocycles. The van der Waals surface area contributed by atoms with E-state index in [2.05, 4.69) is 5.32 Å². The van der Waals surface area contributed by atoms with Gasteiger partial charge in [0.25, 0.3) is 5.91 Å². The highest BCUT2D eigenvalue weighted by molar-refractivity contribution is 6.35. The molecule has 0 aliphatic heterocycles. The largest absolute Gasteiger partial charge is 0.488 e. The van der Waals surface area contributed by atoms with E-state index in [9.17, 15) is 10.1 Å². The molecule has 6 heteroatoms. The molecule has 0 saturated carbocycles. The topological polar surface area (TPSA) is 62.1 Å². The smallest absolute Gasteiger partial charge is 0.266 e. The van der Waals surface area contributed by atoms with Gasteiger partial charge in [-0.1, -0.05) is 77.3 Å². The molecule has 174 valence electrons. The molecule has 0 atom stereocenters. The van der Waals surface area contributed by atoms with Gasteiger partial charge in [0.05, 0.1) is 0 Å². The number of nitriles is 1. The fourth-order valence-electron chi connectivity index (χ4n) is 3.78. The van der Waals surface area contributed by atoms with Gasteiger partial charge >= 0.3 is 0 Å². The maximum Gasteiger partial charge on any atom is 0.266 e. The van der Waals surface area contributed by atoms with E-state index in [0.717, 1.165) is 27.5 Å². The van der Waals surface area contributed by atoms with Crippen molar-refractivity contribution in [2.24, 2.45) is 0 Å². The Hall–Kier alpha value is -3.78. The van der Waals surface area contributed by atoms with E-state index in [0.29, 0.717) is 27.0 Å². The Kier molecular flexibility index (Phi) is 7.41. The molecule has 0 bridgehead atoms. The highest BCUT2D eigenvalue weighted by Gasteiger charge is 2.15. The van der Waals surface area contributed by atoms with Gasteiger partial charge in [-0.3, -0.25) is 4.79 Å². The van der Waals surface area contributed by atoms with Crippen molar-refractivity contribution in [2.75, 3.05) is 5.32 Å². The molecule has 4 aromatic carbocycles. The van der Waals surface area contributed by atoms with Gasteiger partial charge in [-0.25, -0.2) is 0 Å². The highest BCUT2D eigenvalue weighted by Crippen LogP contribution is 2.32. The number of benzene rings is 4. The second-order valence-corrected chi connectivity index (χ2v) is 9.01. The molecule has 0 aromatic heterocycles. The first-order valence-corrected chi connectivity index (χ1v) is 11.7. The van der Waals surface area contributed by atoms with Crippen molar-refractivity contribution in [3.05, 3.63) is 111 Å². The van der Waals surface area contributed by atoms with Crippen LogP contribution < -0.4 is 10.1 Å². The lowest BCUT2D eigenvalue weighted by atomic mass is 10.0. The number of rotatable bonds is 6. The van der Waals surface area contributed by atoms with Crippen LogP contribution in [0.4, 0.5) is 5.69 Å². The maximum absolute atomic E-state index is 13.0. The predicted molar refractivity (Wildman–Crippen MR) is 143 cm³/mol. The van der Waals surface area contributed by atoms with Gasteiger partial charge in [-0.2, -0.15) is 5.26 Å². The van der Waals surface area contributed by atoms with Gasteiger partial charge < -0.3 is 10.1 Å². The summed E-state index contributed by atoms with van der Waals surface area (Å²) >= 11 is 12.3. The van der Waals surface area contributed by atoms with E-state index >= 15 is 0 Å². The standard InChI is InChI=1S/C29H22Cl2N2O2/c1-18-7-11-27(19(2)13-18)33-29(34)22(16-32)14-25-24-6-4-3-5-20(24)9-12-28(25)35-17-21-8-10-23(30)15-26(21)31/h3-15H,17H2,1-2H3,(H,33,34)/b22-14+. The van der Waals surface area contributed by atoms with E-state index < -0.39 is 5.91 Å². The van der Waals surface area contributed by atoms with E-state index in [1.165, 1.54) is 0 Å². The SMILES string of the molecule is Cc1ccc(NC(=O)/C(C#N)=C/c2c(OCc3ccc(Cl)cc3Cl)ccc3ccccc23)c(C)c1. The van der Waals surface area contributed by atoms with Gasteiger partial charge in [0.2, 0.25) is 0 Å². The number of carbonyl (C=O) groups excluding carboxylic acids is 1. The summed E-state index contributed by atoms with van der Waals surface area (Å²) in [5.41, 5.74) is 4.05. The Morgan fingerprint density at radius 2 is 1.83 bits per heavy atom. The molecule has 1 amide bonds. The predicted octanol–water partition coefficient (Wildman–Crippen LogP) is 7.89. The Balaban J connectivity index is 1.71. The molecule has 0 spiro atoms. The second-order valence-electron chi connectivity index (χ2n) is 8.17. The van der Waals surface area contributed by atoms with Crippen LogP contribution in [0, 0.1) is 25.2 Å². The summed E-state index contributed by atoms with van der Waals surface area (Å²) in [6, 6.07) is 24.5. The summed E-state index contributed by atoms with van der Waals surface area (Å²) in [4.78, 5) is 13.0. The van der Waals surface area contributed by atoms with Crippen LogP contribution >= 0.6 is 23.2 Å². The van der Waals surface area contributed by atoms with Crippen molar-refractivity contribution in [3.8, 4) is 11.8 Å². The Morgan fingerprint density at radius 1 is 1.03 bits per heavy atom. The first-order valence-electron chi connectivity index (χ1n) is 10.9. The summed E-state index contributed by atoms with van der Waals surface area (Å²) in [6.45, 7) is 4.10. The van der Waals surface area contributed by atoms with Crippen LogP contribution in [0.5, 0.6) is 5.75 Å². The molecule has 0 saturated heterocycles. The van der Waals surface area contributed by atoms with Crippen molar-refractivity contribution in [1.29, 1.82) is 5.26 Å². The zero-order valence-electron chi connectivity index (χ0n) is 19.2. The molecule has 0 unspecified atom stereocenters. The fourth-order valence-corrected chi connectivity index (χ4v) is 4.24. The number of nitrogens with zero attached hydrogens (tertiary/aromatic N) is 1. The lowest BCUT2D eigenvalue weighted by Crippen LogP contribution is -2.14. The van der Waals surface area contributed by atoms with Crippen molar-refractivity contribution < 1.29 is 9.53 Å². The van der Waals surface area contributed by atoms with Crippen molar-refractivity contribution >= 4 is 51.6 Å². The average Bonchev–Trinajstić information content (AvgIpc) is 2.84. The molecule has 35 heavy (non-hydrogen) atoms. The number of halogens is 2. The number of nitrogens with one attached hydrogen (secondary N) is 1. The number of anilines is 1. The highest BCUT2D eigenvalue weighted by atomic mass is 35.5. The van der Waals surface area contributed by atoms with Crippen molar-refractivity contribution in [1.82, 2.24) is 0 Å². The molecular formula is C29H22Cl2N2O2. The lowest BCUT2D eigenvalue weighted by Gasteiger charge is -2.14. The normalized spacial score (nSPS) is 11.2. The number of carbonyl (C=O) groups is 1. The van der Waals surface area contributed by atoms with Crippen LogP contribution in [0.3, 0.4) is 0 Å². The van der Waals surface area contributed by atoms with Crippen LogP contribution in [0.25, 0.3) is 16.8 Å². The van der Waals surface area contributed by atoms with Gasteiger partial charge in [0.1, 0.15) is 24.0 Å². The van der Waals surface area contributed by atoms with Crippen LogP contribution in [-0.4, -0.2) is 5.91 Å². The van der Waals surface area contributed by atoms with Crippen LogP contribution in [-0.2, 0) is 11.4 Å². The zero-order valence-corrected chi connectivity index (χ0v) is 20.7. The van der Waals surface area contributed by atoms with Crippen LogP contribution in [0.15, 0.2) is 78.4 Å². The van der Waals surface area contributed by atoms with Crippen LogP contribution in [0.2, 0.25) is 10.0 Å². The number of aryl methyl sites for hydroxylation is 2. The van der Waals surface area contributed by atoms with E-state index in [-0.39, 0.29) is 12.2 Å². The summed E-state index contributed by atoms with van der Waals surface area (Å²) in [5, 5.41) is 15.5. The molecule has 0 fully saturated rings. The third-order valence-electron chi connectivity index (χ3n) is 5.61. The third kappa shape index (κ3) is 5.66. The van der Waals surface area contributed by atoms with Gasteiger partial charge in [-0.15, -0.1) is 0 Å². The van der Waals surface area contributed by atoms with Crippen molar-refractivity contribution in [3.63, 3.8) is 0 Å². The Morgan fingerprint density at radius 3 is 2.57 bits per heavy atom. The summed E-state index contributed by atoms with van der Waals surface area (Å²) < 4.78 is 6.11. The Bertz CT molecular complexity index is 1500. The molecule has 4 rings (SSSR count). The number of amides is 1. The van der Waals surface area contributed by atoms with Gasteiger partial charge in [0, 0.05) is 26.9 Å². The minimum absolute atomic E-state index is 0.0318. The van der Waals surface area contributed by atoms with Gasteiger partial charge in [-0.05, 0) is 60.5 Å². The first-order chi connectivity index (χ1) is 16.9. The lowest BCUT2D eigenvalue weighted by molar-refractivity contribution is -0.112. The Labute approximate surface area is 214 Å². The zero-order chi connectivity index (χ0) is 24.9. The molecule has 4 aromatic rings. The molecule has 0 aliphatic carbocycles. The third-order valence-corrected chi connectivity index (χ3v) is 6.20. The minimum atomic E-state index is -0.487. The number of ether oxygens (including phenoxy) is 1. The van der Waals surface area contributed by atoms with E-state index in [4.69, 9.17) is 27.9 Å². The number of fused-ring (bicyclic) bond motifs is 1. The van der Waals surface area contributed by atoms with Crippen molar-refractivity contribution in [2.45, 2.75) is 20.5 Å². The fraction of sp³-hybridized carbons (Fsp3) is 0.103. The molecule has 4 nitrogen and oxygen atoms in total. The summed E-state index contributed by atoms with van der Waals surface area (Å²) in [7, 11) is 0. The van der Waals surface area contributed by atoms with E-state index in [1.54, 1.807) is 24.3 Å². The minimum Gasteiger partial charge on any atom is -0.488 e. The molecule has 0 radical (unpaired) electrons. The maximum atomic E-state index is 13.0. The van der Waals surface area contributed by atoms with Crippen LogP contribution in [0.1, 0.15) is 22.3 Å². The monoisotopic (exact) mass is 500 g/mol.